The van der Waals surface area contributed by atoms with E-state index in [-0.39, 0.29) is 16.5 Å². The predicted molar refractivity (Wildman–Crippen MR) is 67.9 cm³/mol. The largest absolute Gasteiger partial charge is 0.506 e. The highest BCUT2D eigenvalue weighted by molar-refractivity contribution is 7.92. The molecule has 0 saturated heterocycles. The van der Waals surface area contributed by atoms with Crippen LogP contribution in [0.25, 0.3) is 0 Å². The Morgan fingerprint density at radius 2 is 2.12 bits per heavy atom. The van der Waals surface area contributed by atoms with Crippen LogP contribution in [0.1, 0.15) is 19.3 Å². The quantitative estimate of drug-likeness (QED) is 0.868. The monoisotopic (exact) mass is 275 g/mol. The Labute approximate surface area is 106 Å². The number of halogens is 1. The van der Waals surface area contributed by atoms with Crippen LogP contribution in [0.2, 0.25) is 5.02 Å². The number of anilines is 1. The Hall–Kier alpha value is -0.940. The predicted octanol–water partition coefficient (Wildman–Crippen LogP) is 2.59. The van der Waals surface area contributed by atoms with Crippen molar-refractivity contribution in [2.75, 3.05) is 10.5 Å². The van der Waals surface area contributed by atoms with E-state index in [1.54, 1.807) is 0 Å². The third-order valence-corrected chi connectivity index (χ3v) is 4.35. The van der Waals surface area contributed by atoms with E-state index in [1.165, 1.54) is 18.2 Å². The third kappa shape index (κ3) is 3.78. The molecule has 0 bridgehead atoms. The van der Waals surface area contributed by atoms with Crippen molar-refractivity contribution in [2.24, 2.45) is 5.92 Å². The second-order valence-electron chi connectivity index (χ2n) is 4.32. The van der Waals surface area contributed by atoms with Crippen LogP contribution in [-0.4, -0.2) is 19.3 Å². The summed E-state index contributed by atoms with van der Waals surface area (Å²) >= 11 is 5.64. The summed E-state index contributed by atoms with van der Waals surface area (Å²) in [4.78, 5) is 0. The molecule has 17 heavy (non-hydrogen) atoms. The second-order valence-corrected chi connectivity index (χ2v) is 6.57. The molecule has 4 nitrogen and oxygen atoms in total. The summed E-state index contributed by atoms with van der Waals surface area (Å²) in [6.45, 7) is 0. The van der Waals surface area contributed by atoms with Crippen LogP contribution in [-0.2, 0) is 10.0 Å². The molecule has 6 heteroatoms. The van der Waals surface area contributed by atoms with Gasteiger partial charge >= 0.3 is 0 Å². The number of hydrogen-bond donors (Lipinski definition) is 2. The van der Waals surface area contributed by atoms with Crippen molar-refractivity contribution in [3.63, 3.8) is 0 Å². The molecule has 0 aromatic heterocycles. The van der Waals surface area contributed by atoms with E-state index in [0.29, 0.717) is 18.0 Å². The highest BCUT2D eigenvalue weighted by atomic mass is 35.5. The Bertz CT molecular complexity index is 511. The molecular weight excluding hydrogens is 262 g/mol. The van der Waals surface area contributed by atoms with Crippen molar-refractivity contribution in [2.45, 2.75) is 19.3 Å². The number of benzene rings is 1. The first-order valence-corrected chi connectivity index (χ1v) is 7.48. The minimum Gasteiger partial charge on any atom is -0.506 e. The van der Waals surface area contributed by atoms with Crippen molar-refractivity contribution in [3.8, 4) is 5.75 Å². The lowest BCUT2D eigenvalue weighted by Crippen LogP contribution is -2.17. The molecular formula is C11H14ClNO3S. The van der Waals surface area contributed by atoms with Gasteiger partial charge in [0.25, 0.3) is 0 Å². The molecule has 94 valence electrons. The van der Waals surface area contributed by atoms with Gasteiger partial charge in [0.15, 0.2) is 0 Å². The average Bonchev–Trinajstić information content (AvgIpc) is 3.04. The molecule has 2 N–H and O–H groups in total. The van der Waals surface area contributed by atoms with E-state index in [2.05, 4.69) is 4.72 Å². The summed E-state index contributed by atoms with van der Waals surface area (Å²) in [5.74, 6) is 0.570. The van der Waals surface area contributed by atoms with Gasteiger partial charge in [-0.1, -0.05) is 24.4 Å². The normalized spacial score (nSPS) is 15.8. The highest BCUT2D eigenvalue weighted by Crippen LogP contribution is 2.33. The molecule has 1 aliphatic rings. The highest BCUT2D eigenvalue weighted by Gasteiger charge is 2.23. The molecule has 0 unspecified atom stereocenters. The number of aromatic hydroxyl groups is 1. The first-order valence-electron chi connectivity index (χ1n) is 5.45. The number of phenolic OH excluding ortho intramolecular Hbond substituents is 1. The van der Waals surface area contributed by atoms with Crippen LogP contribution in [0, 0.1) is 5.92 Å². The van der Waals surface area contributed by atoms with Crippen molar-refractivity contribution in [1.82, 2.24) is 0 Å². The summed E-state index contributed by atoms with van der Waals surface area (Å²) in [7, 11) is -3.32. The number of phenols is 1. The minimum absolute atomic E-state index is 0.126. The fourth-order valence-electron chi connectivity index (χ4n) is 1.54. The minimum atomic E-state index is -3.32. The van der Waals surface area contributed by atoms with E-state index in [1.807, 2.05) is 0 Å². The Kier molecular flexibility index (Phi) is 3.49. The van der Waals surface area contributed by atoms with E-state index >= 15 is 0 Å². The number of hydrogen-bond acceptors (Lipinski definition) is 3. The molecule has 1 fully saturated rings. The molecule has 1 saturated carbocycles. The van der Waals surface area contributed by atoms with E-state index in [4.69, 9.17) is 11.6 Å². The second kappa shape index (κ2) is 4.74. The maximum absolute atomic E-state index is 11.7. The summed E-state index contributed by atoms with van der Waals surface area (Å²) in [5.41, 5.74) is 0.336. The van der Waals surface area contributed by atoms with Gasteiger partial charge in [0.1, 0.15) is 5.75 Å². The van der Waals surface area contributed by atoms with Crippen LogP contribution in [0.4, 0.5) is 5.69 Å². The molecule has 0 heterocycles. The van der Waals surface area contributed by atoms with E-state index in [9.17, 15) is 13.5 Å². The summed E-state index contributed by atoms with van der Waals surface area (Å²) < 4.78 is 25.8. The van der Waals surface area contributed by atoms with Crippen LogP contribution in [0.15, 0.2) is 18.2 Å². The molecule has 2 rings (SSSR count). The van der Waals surface area contributed by atoms with Crippen molar-refractivity contribution in [1.29, 1.82) is 0 Å². The Morgan fingerprint density at radius 1 is 1.41 bits per heavy atom. The van der Waals surface area contributed by atoms with Crippen LogP contribution in [0.5, 0.6) is 5.75 Å². The van der Waals surface area contributed by atoms with Gasteiger partial charge in [-0.05, 0) is 24.5 Å². The van der Waals surface area contributed by atoms with E-state index < -0.39 is 10.0 Å². The first-order chi connectivity index (χ1) is 7.96. The number of rotatable bonds is 5. The lowest BCUT2D eigenvalue weighted by molar-refractivity contribution is 0.476. The molecule has 1 aromatic rings. The summed E-state index contributed by atoms with van der Waals surface area (Å²) in [5, 5.41) is 9.56. The van der Waals surface area contributed by atoms with Gasteiger partial charge in [-0.2, -0.15) is 0 Å². The molecule has 0 atom stereocenters. The lowest BCUT2D eigenvalue weighted by atomic mass is 10.3. The van der Waals surface area contributed by atoms with E-state index in [0.717, 1.165) is 12.8 Å². The van der Waals surface area contributed by atoms with Gasteiger partial charge in [0, 0.05) is 6.07 Å². The average molecular weight is 276 g/mol. The van der Waals surface area contributed by atoms with Gasteiger partial charge < -0.3 is 5.11 Å². The fourth-order valence-corrected chi connectivity index (χ4v) is 2.88. The maximum Gasteiger partial charge on any atom is 0.232 e. The maximum atomic E-state index is 11.7. The number of nitrogens with one attached hydrogen (secondary N) is 1. The van der Waals surface area contributed by atoms with Gasteiger partial charge in [0.2, 0.25) is 10.0 Å². The van der Waals surface area contributed by atoms with Crippen LogP contribution in [0.3, 0.4) is 0 Å². The van der Waals surface area contributed by atoms with Gasteiger partial charge in [0.05, 0.1) is 16.5 Å². The van der Waals surface area contributed by atoms with Crippen molar-refractivity contribution >= 4 is 27.3 Å². The molecule has 1 aliphatic carbocycles. The summed E-state index contributed by atoms with van der Waals surface area (Å²) in [6.07, 6.45) is 2.98. The standard InChI is InChI=1S/C11H14ClNO3S/c12-10-4-3-9(7-11(10)14)13-17(15,16)6-5-8-1-2-8/h3-4,7-8,13-14H,1-2,5-6H2. The molecule has 0 spiro atoms. The third-order valence-electron chi connectivity index (χ3n) is 2.71. The SMILES string of the molecule is O=S(=O)(CCC1CC1)Nc1ccc(Cl)c(O)c1. The van der Waals surface area contributed by atoms with Crippen molar-refractivity contribution in [3.05, 3.63) is 23.2 Å². The van der Waals surface area contributed by atoms with Crippen molar-refractivity contribution < 1.29 is 13.5 Å². The van der Waals surface area contributed by atoms with Gasteiger partial charge in [-0.25, -0.2) is 8.42 Å². The zero-order valence-electron chi connectivity index (χ0n) is 9.19. The lowest BCUT2D eigenvalue weighted by Gasteiger charge is -2.08. The first kappa shape index (κ1) is 12.5. The summed E-state index contributed by atoms with van der Waals surface area (Å²) in [6, 6.07) is 4.28. The molecule has 0 amide bonds. The van der Waals surface area contributed by atoms with Gasteiger partial charge in [-0.15, -0.1) is 0 Å². The van der Waals surface area contributed by atoms with Crippen LogP contribution >= 0.6 is 11.6 Å². The Morgan fingerprint density at radius 3 is 2.71 bits per heavy atom. The van der Waals surface area contributed by atoms with Crippen LogP contribution < -0.4 is 4.72 Å². The zero-order valence-corrected chi connectivity index (χ0v) is 10.8. The zero-order chi connectivity index (χ0) is 12.5. The number of sulfonamides is 1. The smallest absolute Gasteiger partial charge is 0.232 e. The Balaban J connectivity index is 2.00. The molecule has 0 aliphatic heterocycles. The van der Waals surface area contributed by atoms with Gasteiger partial charge in [-0.3, -0.25) is 4.72 Å². The fraction of sp³-hybridized carbons (Fsp3) is 0.455. The molecule has 1 aromatic carbocycles. The molecule has 0 radical (unpaired) electrons. The topological polar surface area (TPSA) is 66.4 Å².